The van der Waals surface area contributed by atoms with Gasteiger partial charge in [-0.05, 0) is 30.2 Å². The van der Waals surface area contributed by atoms with Gasteiger partial charge in [-0.2, -0.15) is 9.78 Å². The van der Waals surface area contributed by atoms with Gasteiger partial charge in [-0.15, -0.1) is 0 Å². The van der Waals surface area contributed by atoms with Crippen molar-refractivity contribution in [2.24, 2.45) is 0 Å². The Morgan fingerprint density at radius 2 is 2.00 bits per heavy atom. The monoisotopic (exact) mass is 479 g/mol. The molecule has 180 valence electrons. The number of rotatable bonds is 5. The van der Waals surface area contributed by atoms with Crippen LogP contribution in [-0.4, -0.2) is 61.6 Å². The number of ether oxygens (including phenoxy) is 1. The number of nitrogens with two attached hydrogens (primary N) is 1. The van der Waals surface area contributed by atoms with Crippen LogP contribution in [0.5, 0.6) is 0 Å². The van der Waals surface area contributed by atoms with Gasteiger partial charge in [0.25, 0.3) is 5.56 Å². The maximum atomic E-state index is 13.2. The predicted octanol–water partition coefficient (Wildman–Crippen LogP) is 3.03. The second-order valence-electron chi connectivity index (χ2n) is 9.56. The minimum absolute atomic E-state index is 0.152. The molecule has 2 N–H and O–H groups in total. The highest BCUT2D eigenvalue weighted by atomic mass is 16.6. The predicted molar refractivity (Wildman–Crippen MR) is 138 cm³/mol. The van der Waals surface area contributed by atoms with Crippen molar-refractivity contribution < 1.29 is 4.74 Å². The second kappa shape index (κ2) is 8.25. The SMILES string of the molecule is Nc1ncnc2c1c(-c1cccc(-n3ncc4ccccc4c3=O)c1)cn2[C@H]1CCN(C[C@@H]2CO2)C1. The third kappa shape index (κ3) is 3.55. The Hall–Kier alpha value is -4.08. The molecule has 2 atom stereocenters. The van der Waals surface area contributed by atoms with Crippen molar-refractivity contribution in [2.45, 2.75) is 18.6 Å². The van der Waals surface area contributed by atoms with Gasteiger partial charge in [0.15, 0.2) is 0 Å². The van der Waals surface area contributed by atoms with E-state index in [9.17, 15) is 4.79 Å². The van der Waals surface area contributed by atoms with Crippen LogP contribution in [0.4, 0.5) is 5.82 Å². The smallest absolute Gasteiger partial charge is 0.279 e. The number of hydrogen-bond acceptors (Lipinski definition) is 7. The lowest BCUT2D eigenvalue weighted by Gasteiger charge is -2.16. The van der Waals surface area contributed by atoms with Gasteiger partial charge in [0.05, 0.1) is 35.4 Å². The van der Waals surface area contributed by atoms with Gasteiger partial charge in [-0.3, -0.25) is 9.69 Å². The van der Waals surface area contributed by atoms with E-state index in [1.165, 1.54) is 11.0 Å². The van der Waals surface area contributed by atoms with Crippen molar-refractivity contribution >= 4 is 27.6 Å². The molecule has 0 spiro atoms. The number of epoxide rings is 1. The summed E-state index contributed by atoms with van der Waals surface area (Å²) >= 11 is 0. The Labute approximate surface area is 206 Å². The van der Waals surface area contributed by atoms with E-state index in [-0.39, 0.29) is 5.56 Å². The standard InChI is InChI=1S/C27H25N7O2/c28-25-24-23(14-33(26(24)30-16-29-25)20-8-9-32(12-20)13-21-15-36-21)17-5-3-6-19(10-17)34-27(35)22-7-2-1-4-18(22)11-31-34/h1-7,10-11,14,16,20-21H,8-9,12-13,15H2,(H2,28,29,30)/t20-,21+/m0/s1. The number of aromatic nitrogens is 5. The largest absolute Gasteiger partial charge is 0.383 e. The minimum atomic E-state index is -0.152. The fourth-order valence-corrected chi connectivity index (χ4v) is 5.35. The van der Waals surface area contributed by atoms with Crippen LogP contribution >= 0.6 is 0 Å². The molecule has 5 heterocycles. The average Bonchev–Trinajstić information content (AvgIpc) is 3.44. The van der Waals surface area contributed by atoms with E-state index in [0.29, 0.717) is 29.0 Å². The second-order valence-corrected chi connectivity index (χ2v) is 9.56. The van der Waals surface area contributed by atoms with Crippen LogP contribution in [0.1, 0.15) is 12.5 Å². The van der Waals surface area contributed by atoms with Gasteiger partial charge >= 0.3 is 0 Å². The van der Waals surface area contributed by atoms with Crippen molar-refractivity contribution in [3.63, 3.8) is 0 Å². The average molecular weight is 480 g/mol. The molecule has 2 aromatic carbocycles. The molecule has 0 saturated carbocycles. The van der Waals surface area contributed by atoms with Gasteiger partial charge in [-0.25, -0.2) is 9.97 Å². The summed E-state index contributed by atoms with van der Waals surface area (Å²) < 4.78 is 9.11. The number of anilines is 1. The molecule has 0 bridgehead atoms. The topological polar surface area (TPSA) is 107 Å². The molecule has 0 unspecified atom stereocenters. The van der Waals surface area contributed by atoms with Gasteiger partial charge in [0.2, 0.25) is 0 Å². The number of likely N-dealkylation sites (tertiary alicyclic amines) is 1. The molecule has 2 aliphatic rings. The Bertz CT molecular complexity index is 1670. The molecule has 36 heavy (non-hydrogen) atoms. The molecule has 9 nitrogen and oxygen atoms in total. The molecule has 3 aromatic heterocycles. The van der Waals surface area contributed by atoms with Crippen molar-refractivity contribution in [1.29, 1.82) is 0 Å². The third-order valence-corrected chi connectivity index (χ3v) is 7.24. The van der Waals surface area contributed by atoms with Gasteiger partial charge in [0, 0.05) is 42.8 Å². The summed E-state index contributed by atoms with van der Waals surface area (Å²) in [4.78, 5) is 24.5. The molecule has 2 saturated heterocycles. The summed E-state index contributed by atoms with van der Waals surface area (Å²) in [5, 5.41) is 6.72. The van der Waals surface area contributed by atoms with E-state index in [1.807, 2.05) is 48.5 Å². The van der Waals surface area contributed by atoms with Crippen LogP contribution in [0.15, 0.2) is 72.0 Å². The summed E-state index contributed by atoms with van der Waals surface area (Å²) in [5.41, 5.74) is 9.63. The molecule has 2 aliphatic heterocycles. The molecular formula is C27H25N7O2. The van der Waals surface area contributed by atoms with Gasteiger partial charge in [0.1, 0.15) is 17.8 Å². The van der Waals surface area contributed by atoms with Crippen molar-refractivity contribution in [1.82, 2.24) is 29.2 Å². The fraction of sp³-hybridized carbons (Fsp3) is 0.259. The highest BCUT2D eigenvalue weighted by Gasteiger charge is 2.32. The number of fused-ring (bicyclic) bond motifs is 2. The number of benzene rings is 2. The van der Waals surface area contributed by atoms with Crippen LogP contribution in [0.2, 0.25) is 0 Å². The van der Waals surface area contributed by atoms with E-state index in [2.05, 4.69) is 30.7 Å². The Balaban J connectivity index is 1.32. The maximum absolute atomic E-state index is 13.2. The number of hydrogen-bond donors (Lipinski definition) is 1. The Kier molecular flexibility index (Phi) is 4.86. The first-order valence-electron chi connectivity index (χ1n) is 12.2. The zero-order chi connectivity index (χ0) is 24.2. The summed E-state index contributed by atoms with van der Waals surface area (Å²) in [6, 6.07) is 15.6. The Morgan fingerprint density at radius 3 is 2.89 bits per heavy atom. The highest BCUT2D eigenvalue weighted by molar-refractivity contribution is 6.01. The van der Waals surface area contributed by atoms with E-state index in [4.69, 9.17) is 10.5 Å². The van der Waals surface area contributed by atoms with E-state index < -0.39 is 0 Å². The third-order valence-electron chi connectivity index (χ3n) is 7.24. The van der Waals surface area contributed by atoms with Crippen LogP contribution in [0.3, 0.4) is 0 Å². The summed E-state index contributed by atoms with van der Waals surface area (Å²) in [6.45, 7) is 3.83. The fourth-order valence-electron chi connectivity index (χ4n) is 5.35. The van der Waals surface area contributed by atoms with Crippen LogP contribution in [-0.2, 0) is 4.74 Å². The van der Waals surface area contributed by atoms with E-state index >= 15 is 0 Å². The van der Waals surface area contributed by atoms with E-state index in [0.717, 1.165) is 60.2 Å². The molecular weight excluding hydrogens is 454 g/mol. The van der Waals surface area contributed by atoms with Crippen LogP contribution in [0, 0.1) is 0 Å². The molecule has 0 amide bonds. The lowest BCUT2D eigenvalue weighted by atomic mass is 10.1. The van der Waals surface area contributed by atoms with Gasteiger partial charge < -0.3 is 15.0 Å². The summed E-state index contributed by atoms with van der Waals surface area (Å²) in [6.07, 6.45) is 6.80. The van der Waals surface area contributed by atoms with Crippen LogP contribution in [0.25, 0.3) is 38.6 Å². The van der Waals surface area contributed by atoms with Crippen molar-refractivity contribution in [3.05, 3.63) is 77.6 Å². The number of nitrogens with zero attached hydrogens (tertiary/aromatic N) is 6. The zero-order valence-corrected chi connectivity index (χ0v) is 19.6. The zero-order valence-electron chi connectivity index (χ0n) is 19.6. The highest BCUT2D eigenvalue weighted by Crippen LogP contribution is 2.37. The lowest BCUT2D eigenvalue weighted by molar-refractivity contribution is 0.278. The first-order valence-corrected chi connectivity index (χ1v) is 12.2. The van der Waals surface area contributed by atoms with Crippen LogP contribution < -0.4 is 11.3 Å². The molecule has 2 fully saturated rings. The molecule has 5 aromatic rings. The normalized spacial score (nSPS) is 19.9. The van der Waals surface area contributed by atoms with Crippen molar-refractivity contribution in [3.8, 4) is 16.8 Å². The first kappa shape index (κ1) is 21.2. The van der Waals surface area contributed by atoms with Gasteiger partial charge in [-0.1, -0.05) is 30.3 Å². The van der Waals surface area contributed by atoms with Crippen molar-refractivity contribution in [2.75, 3.05) is 32.0 Å². The maximum Gasteiger partial charge on any atom is 0.279 e. The summed E-state index contributed by atoms with van der Waals surface area (Å²) in [7, 11) is 0. The molecule has 0 aliphatic carbocycles. The lowest BCUT2D eigenvalue weighted by Crippen LogP contribution is -2.25. The number of nitrogen functional groups attached to an aromatic ring is 1. The molecule has 7 rings (SSSR count). The minimum Gasteiger partial charge on any atom is -0.383 e. The first-order chi connectivity index (χ1) is 17.7. The molecule has 0 radical (unpaired) electrons. The quantitative estimate of drug-likeness (QED) is 0.386. The summed E-state index contributed by atoms with van der Waals surface area (Å²) in [5.74, 6) is 0.446. The Morgan fingerprint density at radius 1 is 1.11 bits per heavy atom. The molecule has 9 heteroatoms. The van der Waals surface area contributed by atoms with E-state index in [1.54, 1.807) is 6.20 Å².